The Bertz CT molecular complexity index is 2270. The molecule has 4 heteroatoms. The summed E-state index contributed by atoms with van der Waals surface area (Å²) in [6.07, 6.45) is 11.8. The Hall–Kier alpha value is -4.96. The number of nitrogens with one attached hydrogen (secondary N) is 4. The topological polar surface area (TPSA) is 63.2 Å². The van der Waals surface area contributed by atoms with E-state index in [1.807, 2.05) is 0 Å². The van der Waals surface area contributed by atoms with E-state index in [-0.39, 0.29) is 0 Å². The van der Waals surface area contributed by atoms with Crippen molar-refractivity contribution in [2.45, 2.75) is 50.4 Å². The number of aromatic amines is 4. The fraction of sp³-hybridized carbons (Fsp3) is 0.200. The van der Waals surface area contributed by atoms with Crippen molar-refractivity contribution in [1.82, 2.24) is 19.9 Å². The van der Waals surface area contributed by atoms with Crippen molar-refractivity contribution in [2.24, 2.45) is 0 Å². The highest BCUT2D eigenvalue weighted by atomic mass is 14.8. The van der Waals surface area contributed by atoms with Crippen LogP contribution in [-0.2, 0) is 12.8 Å². The lowest BCUT2D eigenvalue weighted by molar-refractivity contribution is 0.611. The van der Waals surface area contributed by atoms with Crippen molar-refractivity contribution in [3.8, 4) is 0 Å². The molecular weight excluding hydrogens is 536 g/mol. The maximum Gasteiger partial charge on any atom is 0.0459 e. The van der Waals surface area contributed by atoms with Crippen LogP contribution in [0.4, 0.5) is 0 Å². The average Bonchev–Trinajstić information content (AvgIpc) is 3.87. The minimum absolute atomic E-state index is 0.479. The SMILES string of the molecule is c1ccc2c(C3CCCc4[nH]c5ccccc5c43)c[nH]c2c1.c1ccc2c(C3CCCc4c3[nH]c3ccccc43)c[nH]c2c1. The first-order chi connectivity index (χ1) is 21.8. The van der Waals surface area contributed by atoms with E-state index < -0.39 is 0 Å². The summed E-state index contributed by atoms with van der Waals surface area (Å²) < 4.78 is 0. The lowest BCUT2D eigenvalue weighted by atomic mass is 9.80. The number of hydrogen-bond acceptors (Lipinski definition) is 0. The Morgan fingerprint density at radius 2 is 1.00 bits per heavy atom. The predicted molar refractivity (Wildman–Crippen MR) is 183 cm³/mol. The second-order valence-electron chi connectivity index (χ2n) is 12.6. The monoisotopic (exact) mass is 572 g/mol. The van der Waals surface area contributed by atoms with Crippen LogP contribution in [-0.4, -0.2) is 19.9 Å². The number of aromatic nitrogens is 4. The van der Waals surface area contributed by atoms with Gasteiger partial charge in [-0.3, -0.25) is 0 Å². The summed E-state index contributed by atoms with van der Waals surface area (Å²) in [5, 5.41) is 5.53. The third-order valence-electron chi connectivity index (χ3n) is 10.2. The molecule has 0 radical (unpaired) electrons. The summed E-state index contributed by atoms with van der Waals surface area (Å²) >= 11 is 0. The van der Waals surface area contributed by atoms with E-state index in [2.05, 4.69) is 129 Å². The van der Waals surface area contributed by atoms with Gasteiger partial charge >= 0.3 is 0 Å². The van der Waals surface area contributed by atoms with Gasteiger partial charge in [-0.05, 0) is 85.0 Å². The van der Waals surface area contributed by atoms with E-state index in [1.54, 1.807) is 0 Å². The third-order valence-corrected chi connectivity index (χ3v) is 10.2. The zero-order valence-electron chi connectivity index (χ0n) is 24.8. The molecule has 0 aliphatic heterocycles. The Labute approximate surface area is 256 Å². The molecule has 0 amide bonds. The molecule has 10 rings (SSSR count). The number of hydrogen-bond donors (Lipinski definition) is 4. The molecule has 4 aromatic carbocycles. The Kier molecular flexibility index (Phi) is 6.00. The predicted octanol–water partition coefficient (Wildman–Crippen LogP) is 10.2. The second kappa shape index (κ2) is 10.3. The summed E-state index contributed by atoms with van der Waals surface area (Å²) in [5.74, 6) is 0.975. The molecule has 2 aliphatic carbocycles. The van der Waals surface area contributed by atoms with Gasteiger partial charge in [0.2, 0.25) is 0 Å². The van der Waals surface area contributed by atoms with E-state index in [0.29, 0.717) is 11.8 Å². The van der Waals surface area contributed by atoms with Gasteiger partial charge in [-0.15, -0.1) is 0 Å². The highest BCUT2D eigenvalue weighted by Crippen LogP contribution is 2.44. The summed E-state index contributed by atoms with van der Waals surface area (Å²) in [6.45, 7) is 0. The van der Waals surface area contributed by atoms with Crippen LogP contribution in [0.2, 0.25) is 0 Å². The minimum Gasteiger partial charge on any atom is -0.361 e. The number of rotatable bonds is 2. The normalized spacial score (nSPS) is 17.9. The molecule has 0 saturated carbocycles. The van der Waals surface area contributed by atoms with Gasteiger partial charge in [0.15, 0.2) is 0 Å². The molecule has 0 fully saturated rings. The molecule has 4 nitrogen and oxygen atoms in total. The molecule has 0 saturated heterocycles. The number of benzene rings is 4. The van der Waals surface area contributed by atoms with Crippen LogP contribution in [0, 0.1) is 0 Å². The van der Waals surface area contributed by atoms with E-state index in [4.69, 9.17) is 0 Å². The lowest BCUT2D eigenvalue weighted by Crippen LogP contribution is -2.10. The molecule has 44 heavy (non-hydrogen) atoms. The van der Waals surface area contributed by atoms with Gasteiger partial charge in [0, 0.05) is 79.2 Å². The highest BCUT2D eigenvalue weighted by Gasteiger charge is 2.28. The van der Waals surface area contributed by atoms with E-state index in [0.717, 1.165) is 0 Å². The van der Waals surface area contributed by atoms with Crippen LogP contribution in [0.15, 0.2) is 109 Å². The van der Waals surface area contributed by atoms with Crippen molar-refractivity contribution in [3.05, 3.63) is 143 Å². The zero-order chi connectivity index (χ0) is 29.0. The van der Waals surface area contributed by atoms with Gasteiger partial charge in [-0.2, -0.15) is 0 Å². The van der Waals surface area contributed by atoms with Crippen molar-refractivity contribution in [3.63, 3.8) is 0 Å². The van der Waals surface area contributed by atoms with Crippen molar-refractivity contribution in [2.75, 3.05) is 0 Å². The lowest BCUT2D eigenvalue weighted by Gasteiger charge is -2.23. The van der Waals surface area contributed by atoms with Crippen LogP contribution < -0.4 is 0 Å². The fourth-order valence-electron chi connectivity index (χ4n) is 8.24. The largest absolute Gasteiger partial charge is 0.361 e. The van der Waals surface area contributed by atoms with Gasteiger partial charge in [0.05, 0.1) is 0 Å². The number of fused-ring (bicyclic) bond motifs is 8. The summed E-state index contributed by atoms with van der Waals surface area (Å²) in [6, 6.07) is 34.7. The molecule has 4 aromatic heterocycles. The summed E-state index contributed by atoms with van der Waals surface area (Å²) in [5.41, 5.74) is 13.8. The van der Waals surface area contributed by atoms with Gasteiger partial charge in [-0.1, -0.05) is 72.8 Å². The molecule has 2 atom stereocenters. The molecule has 216 valence electrons. The molecule has 4 heterocycles. The number of H-pyrrole nitrogens is 4. The Morgan fingerprint density at radius 3 is 1.70 bits per heavy atom. The van der Waals surface area contributed by atoms with Crippen LogP contribution in [0.3, 0.4) is 0 Å². The first kappa shape index (κ1) is 25.5. The third kappa shape index (κ3) is 4.05. The summed E-state index contributed by atoms with van der Waals surface area (Å²) in [4.78, 5) is 14.2. The maximum atomic E-state index is 3.71. The van der Waals surface area contributed by atoms with Gasteiger partial charge in [0.1, 0.15) is 0 Å². The molecule has 8 aromatic rings. The average molecular weight is 573 g/mol. The van der Waals surface area contributed by atoms with Crippen LogP contribution >= 0.6 is 0 Å². The van der Waals surface area contributed by atoms with Crippen molar-refractivity contribution in [1.29, 1.82) is 0 Å². The standard InChI is InChI=1S/2C20H18N2/c1-3-10-18-14(7-1)17(12-21-18)16-9-5-8-15-13-6-2-4-11-19(13)22-20(15)16;1-3-9-17-13(6-1)16(12-21-17)14-8-5-11-19-20(14)15-7-2-4-10-18(15)22-19/h1-4,6-7,10-12,16,21-22H,5,8-9H2;1-4,6-7,9-10,12,14,21-22H,5,8,11H2. The molecule has 0 bridgehead atoms. The number of para-hydroxylation sites is 4. The molecule has 2 aliphatic rings. The Morgan fingerprint density at radius 1 is 0.477 bits per heavy atom. The first-order valence-electron chi connectivity index (χ1n) is 16.1. The maximum absolute atomic E-state index is 3.71. The number of aryl methyl sites for hydroxylation is 2. The van der Waals surface area contributed by atoms with Crippen LogP contribution in [0.25, 0.3) is 43.6 Å². The quantitative estimate of drug-likeness (QED) is 0.159. The first-order valence-corrected chi connectivity index (χ1v) is 16.1. The molecule has 2 unspecified atom stereocenters. The highest BCUT2D eigenvalue weighted by molar-refractivity contribution is 5.90. The van der Waals surface area contributed by atoms with Crippen molar-refractivity contribution >= 4 is 43.6 Å². The fourth-order valence-corrected chi connectivity index (χ4v) is 8.24. The molecule has 0 spiro atoms. The van der Waals surface area contributed by atoms with Gasteiger partial charge < -0.3 is 19.9 Å². The minimum atomic E-state index is 0.479. The van der Waals surface area contributed by atoms with E-state index in [9.17, 15) is 0 Å². The van der Waals surface area contributed by atoms with Gasteiger partial charge in [-0.25, -0.2) is 0 Å². The van der Waals surface area contributed by atoms with Crippen LogP contribution in [0.5, 0.6) is 0 Å². The smallest absolute Gasteiger partial charge is 0.0459 e. The summed E-state index contributed by atoms with van der Waals surface area (Å²) in [7, 11) is 0. The second-order valence-corrected chi connectivity index (χ2v) is 12.6. The zero-order valence-corrected chi connectivity index (χ0v) is 24.8. The van der Waals surface area contributed by atoms with E-state index >= 15 is 0 Å². The molecular formula is C40H36N4. The van der Waals surface area contributed by atoms with Crippen molar-refractivity contribution < 1.29 is 0 Å². The van der Waals surface area contributed by atoms with Crippen LogP contribution in [0.1, 0.15) is 71.2 Å². The van der Waals surface area contributed by atoms with Gasteiger partial charge in [0.25, 0.3) is 0 Å². The van der Waals surface area contributed by atoms with E-state index in [1.165, 1.54) is 116 Å². The molecule has 4 N–H and O–H groups in total. The Balaban J connectivity index is 0.000000123.